The Kier molecular flexibility index (Phi) is 2.41. The summed E-state index contributed by atoms with van der Waals surface area (Å²) in [4.78, 5) is 10.6. The molecule has 74 valence electrons. The molecule has 0 aromatic heterocycles. The third kappa shape index (κ3) is 1.59. The number of halogens is 1. The molecule has 0 atom stereocenters. The van der Waals surface area contributed by atoms with Crippen LogP contribution in [-0.4, -0.2) is 4.92 Å². The minimum atomic E-state index is -0.322. The smallest absolute Gasteiger partial charge is 0.296 e. The fourth-order valence-electron chi connectivity index (χ4n) is 1.57. The van der Waals surface area contributed by atoms with Crippen LogP contribution >= 0.6 is 16.1 Å². The number of nitrogens with one attached hydrogen (secondary N) is 1. The van der Waals surface area contributed by atoms with Crippen LogP contribution < -0.4 is 4.34 Å². The summed E-state index contributed by atoms with van der Waals surface area (Å²) in [7, 11) is 0. The van der Waals surface area contributed by atoms with E-state index in [9.17, 15) is 10.1 Å². The van der Waals surface area contributed by atoms with Crippen molar-refractivity contribution in [3.05, 3.63) is 33.9 Å². The lowest BCUT2D eigenvalue weighted by Gasteiger charge is -2.04. The van der Waals surface area contributed by atoms with Gasteiger partial charge in [0.15, 0.2) is 0 Å². The van der Waals surface area contributed by atoms with Gasteiger partial charge in [-0.1, -0.05) is 12.1 Å². The Balaban J connectivity index is 2.52. The van der Waals surface area contributed by atoms with Crippen molar-refractivity contribution in [3.63, 3.8) is 0 Å². The summed E-state index contributed by atoms with van der Waals surface area (Å²) in [6.07, 6.45) is 2.12. The first-order valence-electron chi connectivity index (χ1n) is 4.38. The van der Waals surface area contributed by atoms with Crippen molar-refractivity contribution in [1.82, 2.24) is 0 Å². The van der Waals surface area contributed by atoms with Crippen molar-refractivity contribution in [2.75, 3.05) is 4.34 Å². The fourth-order valence-corrected chi connectivity index (χ4v) is 1.89. The summed E-state index contributed by atoms with van der Waals surface area (Å²) < 4.78 is 2.67. The van der Waals surface area contributed by atoms with E-state index < -0.39 is 0 Å². The minimum Gasteiger partial charge on any atom is -0.317 e. The molecule has 0 radical (unpaired) electrons. The molecule has 1 N–H and O–H groups in total. The molecule has 1 fully saturated rings. The molecule has 1 aromatic rings. The van der Waals surface area contributed by atoms with Crippen LogP contribution in [0, 0.1) is 10.1 Å². The third-order valence-electron chi connectivity index (χ3n) is 2.37. The zero-order valence-electron chi connectivity index (χ0n) is 7.37. The van der Waals surface area contributed by atoms with Crippen LogP contribution in [0.4, 0.5) is 11.4 Å². The normalized spacial score (nSPS) is 15.2. The number of rotatable bonds is 3. The number of benzene rings is 1. The van der Waals surface area contributed by atoms with Crippen molar-refractivity contribution in [2.45, 2.75) is 18.8 Å². The third-order valence-corrected chi connectivity index (χ3v) is 2.80. The number of anilines is 1. The van der Waals surface area contributed by atoms with Gasteiger partial charge in [-0.15, -0.1) is 0 Å². The molecule has 0 aliphatic heterocycles. The first kappa shape index (κ1) is 9.45. The van der Waals surface area contributed by atoms with Crippen molar-refractivity contribution in [3.8, 4) is 0 Å². The quantitative estimate of drug-likeness (QED) is 0.514. The number of hydrogen-bond donors (Lipinski definition) is 1. The Morgan fingerprint density at radius 2 is 2.21 bits per heavy atom. The lowest BCUT2D eigenvalue weighted by Crippen LogP contribution is -1.97. The van der Waals surface area contributed by atoms with E-state index in [0.29, 0.717) is 11.6 Å². The molecule has 2 rings (SSSR count). The van der Waals surface area contributed by atoms with Gasteiger partial charge in [0.05, 0.1) is 4.92 Å². The first-order chi connectivity index (χ1) is 6.74. The molecule has 0 saturated heterocycles. The van der Waals surface area contributed by atoms with Gasteiger partial charge in [-0.25, -0.2) is 0 Å². The maximum atomic E-state index is 10.9. The van der Waals surface area contributed by atoms with E-state index in [4.69, 9.17) is 0 Å². The number of nitro groups is 1. The molecule has 1 saturated carbocycles. The zero-order valence-corrected chi connectivity index (χ0v) is 8.95. The van der Waals surface area contributed by atoms with E-state index >= 15 is 0 Å². The van der Waals surface area contributed by atoms with Crippen LogP contribution in [0.3, 0.4) is 0 Å². The molecular formula is C9H9BrN2O2. The molecule has 4 nitrogen and oxygen atoms in total. The minimum absolute atomic E-state index is 0.201. The standard InChI is InChI=1S/C9H9BrN2O2/c10-11-8-3-1-2-7(6-4-5-6)9(8)12(13)14/h1-3,6,11H,4-5H2. The van der Waals surface area contributed by atoms with Crippen LogP contribution in [0.15, 0.2) is 18.2 Å². The average molecular weight is 257 g/mol. The van der Waals surface area contributed by atoms with Gasteiger partial charge < -0.3 is 4.34 Å². The fraction of sp³-hybridized carbons (Fsp3) is 0.333. The molecule has 0 spiro atoms. The van der Waals surface area contributed by atoms with E-state index in [1.54, 1.807) is 6.07 Å². The largest absolute Gasteiger partial charge is 0.317 e. The second-order valence-electron chi connectivity index (χ2n) is 3.37. The highest BCUT2D eigenvalue weighted by Gasteiger charge is 2.32. The monoisotopic (exact) mass is 256 g/mol. The molecule has 1 aliphatic carbocycles. The van der Waals surface area contributed by atoms with Crippen molar-refractivity contribution in [1.29, 1.82) is 0 Å². The molecule has 0 amide bonds. The van der Waals surface area contributed by atoms with Crippen molar-refractivity contribution < 1.29 is 4.92 Å². The number of para-hydroxylation sites is 1. The van der Waals surface area contributed by atoms with Crippen LogP contribution in [0.5, 0.6) is 0 Å². The maximum absolute atomic E-state index is 10.9. The molecule has 0 heterocycles. The summed E-state index contributed by atoms with van der Waals surface area (Å²) in [6, 6.07) is 5.37. The van der Waals surface area contributed by atoms with Gasteiger partial charge in [0.25, 0.3) is 5.69 Å². The molecule has 14 heavy (non-hydrogen) atoms. The Hall–Kier alpha value is -1.10. The maximum Gasteiger partial charge on any atom is 0.296 e. The Morgan fingerprint density at radius 3 is 2.71 bits per heavy atom. The van der Waals surface area contributed by atoms with Crippen LogP contribution in [0.25, 0.3) is 0 Å². The molecule has 0 bridgehead atoms. The number of nitro benzene ring substituents is 1. The summed E-state index contributed by atoms with van der Waals surface area (Å²) >= 11 is 3.03. The average Bonchev–Trinajstić information content (AvgIpc) is 2.99. The second-order valence-corrected chi connectivity index (χ2v) is 3.77. The zero-order chi connectivity index (χ0) is 10.1. The topological polar surface area (TPSA) is 55.2 Å². The summed E-state index contributed by atoms with van der Waals surface area (Å²) in [6.45, 7) is 0. The Bertz CT molecular complexity index is 377. The lowest BCUT2D eigenvalue weighted by molar-refractivity contribution is -0.384. The molecular weight excluding hydrogens is 248 g/mol. The van der Waals surface area contributed by atoms with E-state index in [1.165, 1.54) is 0 Å². The van der Waals surface area contributed by atoms with Gasteiger partial charge in [0, 0.05) is 21.7 Å². The Morgan fingerprint density at radius 1 is 1.50 bits per heavy atom. The highest BCUT2D eigenvalue weighted by molar-refractivity contribution is 9.10. The molecule has 5 heteroatoms. The van der Waals surface area contributed by atoms with E-state index in [0.717, 1.165) is 18.4 Å². The summed E-state index contributed by atoms with van der Waals surface area (Å²) in [5, 5.41) is 10.9. The SMILES string of the molecule is O=[N+]([O-])c1c(NBr)cccc1C1CC1. The number of nitrogens with zero attached hydrogens (tertiary/aromatic N) is 1. The van der Waals surface area contributed by atoms with Gasteiger partial charge in [-0.2, -0.15) is 0 Å². The van der Waals surface area contributed by atoms with E-state index in [1.807, 2.05) is 12.1 Å². The van der Waals surface area contributed by atoms with Crippen molar-refractivity contribution in [2.24, 2.45) is 0 Å². The van der Waals surface area contributed by atoms with Gasteiger partial charge in [0.1, 0.15) is 5.69 Å². The number of hydrogen-bond acceptors (Lipinski definition) is 3. The van der Waals surface area contributed by atoms with E-state index in [2.05, 4.69) is 20.5 Å². The molecule has 1 aliphatic rings. The Labute approximate surface area is 89.8 Å². The predicted octanol–water partition coefficient (Wildman–Crippen LogP) is 3.19. The summed E-state index contributed by atoms with van der Waals surface area (Å²) in [5.41, 5.74) is 1.57. The molecule has 1 aromatic carbocycles. The first-order valence-corrected chi connectivity index (χ1v) is 5.17. The van der Waals surface area contributed by atoms with Crippen LogP contribution in [0.2, 0.25) is 0 Å². The second kappa shape index (κ2) is 3.57. The van der Waals surface area contributed by atoms with Gasteiger partial charge in [-0.05, 0) is 24.8 Å². The van der Waals surface area contributed by atoms with Crippen LogP contribution in [-0.2, 0) is 0 Å². The highest BCUT2D eigenvalue weighted by Crippen LogP contribution is 2.46. The summed E-state index contributed by atoms with van der Waals surface area (Å²) in [5.74, 6) is 0.385. The lowest BCUT2D eigenvalue weighted by atomic mass is 10.1. The van der Waals surface area contributed by atoms with Crippen molar-refractivity contribution >= 4 is 27.5 Å². The van der Waals surface area contributed by atoms with Gasteiger partial charge in [0.2, 0.25) is 0 Å². The van der Waals surface area contributed by atoms with Gasteiger partial charge in [-0.3, -0.25) is 10.1 Å². The van der Waals surface area contributed by atoms with Crippen LogP contribution in [0.1, 0.15) is 24.3 Å². The predicted molar refractivity (Wildman–Crippen MR) is 57.6 cm³/mol. The molecule has 0 unspecified atom stereocenters. The van der Waals surface area contributed by atoms with Gasteiger partial charge >= 0.3 is 0 Å². The van der Waals surface area contributed by atoms with E-state index in [-0.39, 0.29) is 10.6 Å². The highest BCUT2D eigenvalue weighted by atomic mass is 79.9.